The summed E-state index contributed by atoms with van der Waals surface area (Å²) in [4.78, 5) is 4.12. The van der Waals surface area contributed by atoms with Crippen molar-refractivity contribution in [2.24, 2.45) is 0 Å². The highest BCUT2D eigenvalue weighted by Gasteiger charge is 2.45. The van der Waals surface area contributed by atoms with Crippen LogP contribution in [0.1, 0.15) is 34.8 Å². The predicted molar refractivity (Wildman–Crippen MR) is 90.5 cm³/mol. The first-order chi connectivity index (χ1) is 12.0. The molecule has 0 saturated heterocycles. The molecule has 1 aliphatic heterocycles. The smallest absolute Gasteiger partial charge is 0.133 e. The van der Waals surface area contributed by atoms with Crippen molar-refractivity contribution in [2.45, 2.75) is 18.1 Å². The second kappa shape index (κ2) is 5.69. The van der Waals surface area contributed by atoms with Gasteiger partial charge in [0.2, 0.25) is 0 Å². The van der Waals surface area contributed by atoms with Crippen LogP contribution in [0.2, 0.25) is 5.02 Å². The van der Waals surface area contributed by atoms with E-state index < -0.39 is 17.5 Å². The molecule has 4 nitrogen and oxygen atoms in total. The van der Waals surface area contributed by atoms with Gasteiger partial charge in [-0.2, -0.15) is 5.26 Å². The normalized spacial score (nSPS) is 21.8. The molecule has 2 atom stereocenters. The SMILES string of the molecule is N#Cc1ccc([C@H]2C[C@](O)(c3cccc(Cl)c3)c3cncn32)c(F)c1. The van der Waals surface area contributed by atoms with Crippen LogP contribution in [0.25, 0.3) is 0 Å². The number of benzene rings is 2. The fourth-order valence-electron chi connectivity index (χ4n) is 3.49. The number of imidazole rings is 1. The first kappa shape index (κ1) is 15.8. The second-order valence-corrected chi connectivity index (χ2v) is 6.56. The van der Waals surface area contributed by atoms with E-state index in [1.807, 2.05) is 6.07 Å². The van der Waals surface area contributed by atoms with Crippen molar-refractivity contribution >= 4 is 11.6 Å². The molecule has 0 bridgehead atoms. The number of nitrogens with zero attached hydrogens (tertiary/aromatic N) is 3. The number of hydrogen-bond acceptors (Lipinski definition) is 3. The molecule has 124 valence electrons. The van der Waals surface area contributed by atoms with Crippen LogP contribution in [0.4, 0.5) is 4.39 Å². The van der Waals surface area contributed by atoms with E-state index in [1.54, 1.807) is 53.5 Å². The van der Waals surface area contributed by atoms with Crippen LogP contribution in [-0.2, 0) is 5.60 Å². The van der Waals surface area contributed by atoms with Crippen molar-refractivity contribution in [3.63, 3.8) is 0 Å². The second-order valence-electron chi connectivity index (χ2n) is 6.12. The minimum absolute atomic E-state index is 0.258. The van der Waals surface area contributed by atoms with Crippen LogP contribution in [0.15, 0.2) is 55.0 Å². The van der Waals surface area contributed by atoms with Gasteiger partial charge in [-0.05, 0) is 29.8 Å². The molecule has 0 fully saturated rings. The monoisotopic (exact) mass is 353 g/mol. The number of hydrogen-bond donors (Lipinski definition) is 1. The summed E-state index contributed by atoms with van der Waals surface area (Å²) in [7, 11) is 0. The average Bonchev–Trinajstić information content (AvgIpc) is 3.19. The van der Waals surface area contributed by atoms with Crippen LogP contribution in [-0.4, -0.2) is 14.7 Å². The largest absolute Gasteiger partial charge is 0.379 e. The van der Waals surface area contributed by atoms with E-state index in [1.165, 1.54) is 6.07 Å². The van der Waals surface area contributed by atoms with E-state index >= 15 is 0 Å². The maximum absolute atomic E-state index is 14.5. The van der Waals surface area contributed by atoms with Crippen molar-refractivity contribution in [3.8, 4) is 6.07 Å². The maximum atomic E-state index is 14.5. The van der Waals surface area contributed by atoms with Crippen LogP contribution in [0.3, 0.4) is 0 Å². The van der Waals surface area contributed by atoms with Gasteiger partial charge in [0.15, 0.2) is 0 Å². The highest BCUT2D eigenvalue weighted by atomic mass is 35.5. The van der Waals surface area contributed by atoms with Crippen LogP contribution < -0.4 is 0 Å². The summed E-state index contributed by atoms with van der Waals surface area (Å²) < 4.78 is 16.3. The summed E-state index contributed by atoms with van der Waals surface area (Å²) in [6.45, 7) is 0. The number of rotatable bonds is 2. The fraction of sp³-hybridized carbons (Fsp3) is 0.158. The summed E-state index contributed by atoms with van der Waals surface area (Å²) in [6.07, 6.45) is 3.43. The lowest BCUT2D eigenvalue weighted by Gasteiger charge is -2.23. The number of fused-ring (bicyclic) bond motifs is 1. The number of aliphatic hydroxyl groups is 1. The van der Waals surface area contributed by atoms with Crippen molar-refractivity contribution in [2.75, 3.05) is 0 Å². The van der Waals surface area contributed by atoms with E-state index in [2.05, 4.69) is 4.98 Å². The Morgan fingerprint density at radius 3 is 2.88 bits per heavy atom. The van der Waals surface area contributed by atoms with E-state index in [-0.39, 0.29) is 12.0 Å². The molecule has 0 amide bonds. The zero-order chi connectivity index (χ0) is 17.6. The Balaban J connectivity index is 1.83. The van der Waals surface area contributed by atoms with E-state index in [0.717, 1.165) is 0 Å². The fourth-order valence-corrected chi connectivity index (χ4v) is 3.68. The molecule has 0 saturated carbocycles. The topological polar surface area (TPSA) is 61.8 Å². The first-order valence-electron chi connectivity index (χ1n) is 7.73. The number of nitriles is 1. The van der Waals surface area contributed by atoms with E-state index in [9.17, 15) is 9.50 Å². The van der Waals surface area contributed by atoms with Crippen LogP contribution in [0, 0.1) is 17.1 Å². The van der Waals surface area contributed by atoms with Gasteiger partial charge in [-0.15, -0.1) is 0 Å². The molecule has 25 heavy (non-hydrogen) atoms. The van der Waals surface area contributed by atoms with Crippen LogP contribution in [0.5, 0.6) is 0 Å². The van der Waals surface area contributed by atoms with Crippen molar-refractivity contribution in [3.05, 3.63) is 88.2 Å². The van der Waals surface area contributed by atoms with Gasteiger partial charge in [0.1, 0.15) is 11.4 Å². The molecule has 2 aromatic carbocycles. The molecule has 1 aliphatic rings. The Labute approximate surface area is 148 Å². The molecule has 0 radical (unpaired) electrons. The third-order valence-corrected chi connectivity index (χ3v) is 4.94. The number of halogens is 2. The molecule has 0 unspecified atom stereocenters. The van der Waals surface area contributed by atoms with Gasteiger partial charge in [0, 0.05) is 17.0 Å². The Kier molecular flexibility index (Phi) is 3.60. The van der Waals surface area contributed by atoms with Gasteiger partial charge in [-0.3, -0.25) is 0 Å². The molecule has 1 N–H and O–H groups in total. The Hall–Kier alpha value is -2.68. The van der Waals surface area contributed by atoms with Gasteiger partial charge in [-0.1, -0.05) is 29.8 Å². The molecular weight excluding hydrogens is 341 g/mol. The summed E-state index contributed by atoms with van der Waals surface area (Å²) in [5.41, 5.74) is 0.583. The van der Waals surface area contributed by atoms with Gasteiger partial charge in [-0.25, -0.2) is 9.37 Å². The highest BCUT2D eigenvalue weighted by molar-refractivity contribution is 6.30. The molecule has 3 aromatic rings. The lowest BCUT2D eigenvalue weighted by atomic mass is 9.86. The first-order valence-corrected chi connectivity index (χ1v) is 8.11. The molecule has 2 heterocycles. The summed E-state index contributed by atoms with van der Waals surface area (Å²) in [6, 6.07) is 12.9. The van der Waals surface area contributed by atoms with Gasteiger partial charge in [0.05, 0.1) is 35.9 Å². The highest BCUT2D eigenvalue weighted by Crippen LogP contribution is 2.47. The van der Waals surface area contributed by atoms with E-state index in [4.69, 9.17) is 16.9 Å². The molecule has 1 aromatic heterocycles. The maximum Gasteiger partial charge on any atom is 0.133 e. The van der Waals surface area contributed by atoms with E-state index in [0.29, 0.717) is 21.8 Å². The Morgan fingerprint density at radius 1 is 1.32 bits per heavy atom. The lowest BCUT2D eigenvalue weighted by molar-refractivity contribution is 0.0792. The third kappa shape index (κ3) is 2.42. The minimum atomic E-state index is -1.31. The zero-order valence-electron chi connectivity index (χ0n) is 13.0. The summed E-state index contributed by atoms with van der Waals surface area (Å²) in [5.74, 6) is -0.473. The molecule has 0 aliphatic carbocycles. The molecule has 4 rings (SSSR count). The van der Waals surface area contributed by atoms with Gasteiger partial charge >= 0.3 is 0 Å². The molecule has 0 spiro atoms. The molecular formula is C19H13ClFN3O. The summed E-state index contributed by atoms with van der Waals surface area (Å²) >= 11 is 6.07. The molecule has 6 heteroatoms. The van der Waals surface area contributed by atoms with Gasteiger partial charge < -0.3 is 9.67 Å². The average molecular weight is 354 g/mol. The van der Waals surface area contributed by atoms with Crippen molar-refractivity contribution in [1.29, 1.82) is 5.26 Å². The summed E-state index contributed by atoms with van der Waals surface area (Å²) in [5, 5.41) is 20.8. The Morgan fingerprint density at radius 2 is 2.16 bits per heavy atom. The quantitative estimate of drug-likeness (QED) is 0.762. The lowest BCUT2D eigenvalue weighted by Crippen LogP contribution is -2.24. The standard InChI is InChI=1S/C19H13ClFN3O/c20-14-3-1-2-13(7-14)19(25)8-17(24-11-23-10-18(19)24)15-5-4-12(9-22)6-16(15)21/h1-7,10-11,17,25H,8H2/t17-,19+/m1/s1. The zero-order valence-corrected chi connectivity index (χ0v) is 13.8. The minimum Gasteiger partial charge on any atom is -0.379 e. The predicted octanol–water partition coefficient (Wildman–Crippen LogP) is 3.78. The van der Waals surface area contributed by atoms with Crippen molar-refractivity contribution in [1.82, 2.24) is 9.55 Å². The third-order valence-electron chi connectivity index (χ3n) is 4.71. The van der Waals surface area contributed by atoms with Gasteiger partial charge in [0.25, 0.3) is 0 Å². The number of aromatic nitrogens is 2. The Bertz CT molecular complexity index is 1010. The van der Waals surface area contributed by atoms with Crippen LogP contribution >= 0.6 is 11.6 Å². The van der Waals surface area contributed by atoms with Crippen molar-refractivity contribution < 1.29 is 9.50 Å².